The molecule has 1 aliphatic rings. The molecule has 1 aliphatic heterocycles. The summed E-state index contributed by atoms with van der Waals surface area (Å²) in [4.78, 5) is 11.9. The highest BCUT2D eigenvalue weighted by Gasteiger charge is 2.12. The van der Waals surface area contributed by atoms with Gasteiger partial charge in [-0.25, -0.2) is 5.43 Å². The van der Waals surface area contributed by atoms with Crippen LogP contribution in [0.1, 0.15) is 12.5 Å². The van der Waals surface area contributed by atoms with Crippen LogP contribution in [0.15, 0.2) is 53.6 Å². The zero-order valence-corrected chi connectivity index (χ0v) is 13.4. The van der Waals surface area contributed by atoms with E-state index in [0.29, 0.717) is 24.7 Å². The minimum absolute atomic E-state index is 0.155. The summed E-state index contributed by atoms with van der Waals surface area (Å²) in [5.74, 6) is 1.22. The van der Waals surface area contributed by atoms with Gasteiger partial charge in [0.25, 0.3) is 5.91 Å². The summed E-state index contributed by atoms with van der Waals surface area (Å²) in [6, 6.07) is 15.1. The molecule has 124 valence electrons. The van der Waals surface area contributed by atoms with E-state index in [-0.39, 0.29) is 12.5 Å². The van der Waals surface area contributed by atoms with Gasteiger partial charge in [-0.3, -0.25) is 4.79 Å². The molecule has 0 saturated carbocycles. The second-order valence-corrected chi connectivity index (χ2v) is 5.31. The first-order valence-corrected chi connectivity index (χ1v) is 7.74. The Labute approximate surface area is 140 Å². The number of anilines is 1. The maximum Gasteiger partial charge on any atom is 0.259 e. The van der Waals surface area contributed by atoms with Gasteiger partial charge in [-0.1, -0.05) is 18.2 Å². The minimum Gasteiger partial charge on any atom is -0.486 e. The van der Waals surface area contributed by atoms with Gasteiger partial charge in [-0.15, -0.1) is 0 Å². The lowest BCUT2D eigenvalue weighted by Gasteiger charge is -2.18. The van der Waals surface area contributed by atoms with Gasteiger partial charge < -0.3 is 14.8 Å². The zero-order chi connectivity index (χ0) is 16.8. The van der Waals surface area contributed by atoms with E-state index in [9.17, 15) is 4.79 Å². The Morgan fingerprint density at radius 3 is 2.62 bits per heavy atom. The summed E-state index contributed by atoms with van der Waals surface area (Å²) in [7, 11) is 0. The predicted molar refractivity (Wildman–Crippen MR) is 92.7 cm³/mol. The highest BCUT2D eigenvalue weighted by molar-refractivity contribution is 6.00. The van der Waals surface area contributed by atoms with Gasteiger partial charge in [0.15, 0.2) is 11.5 Å². The van der Waals surface area contributed by atoms with E-state index in [1.807, 2.05) is 55.5 Å². The zero-order valence-electron chi connectivity index (χ0n) is 13.4. The average Bonchev–Trinajstić information content (AvgIpc) is 2.65. The average molecular weight is 325 g/mol. The molecule has 0 fully saturated rings. The van der Waals surface area contributed by atoms with E-state index >= 15 is 0 Å². The van der Waals surface area contributed by atoms with Crippen LogP contribution in [0.4, 0.5) is 5.69 Å². The Morgan fingerprint density at radius 2 is 1.83 bits per heavy atom. The number of ether oxygens (including phenoxy) is 2. The molecule has 6 heteroatoms. The van der Waals surface area contributed by atoms with Crippen LogP contribution >= 0.6 is 0 Å². The number of rotatable bonds is 5. The molecule has 0 unspecified atom stereocenters. The lowest BCUT2D eigenvalue weighted by atomic mass is 10.1. The van der Waals surface area contributed by atoms with Gasteiger partial charge in [-0.05, 0) is 37.3 Å². The number of benzene rings is 2. The quantitative estimate of drug-likeness (QED) is 0.654. The van der Waals surface area contributed by atoms with Crippen LogP contribution in [0.25, 0.3) is 0 Å². The van der Waals surface area contributed by atoms with Crippen molar-refractivity contribution in [1.82, 2.24) is 5.43 Å². The Kier molecular flexibility index (Phi) is 4.96. The molecule has 24 heavy (non-hydrogen) atoms. The van der Waals surface area contributed by atoms with Crippen molar-refractivity contribution in [2.24, 2.45) is 5.10 Å². The molecule has 0 saturated heterocycles. The molecule has 1 amide bonds. The van der Waals surface area contributed by atoms with Crippen LogP contribution in [-0.4, -0.2) is 31.4 Å². The largest absolute Gasteiger partial charge is 0.486 e. The molecule has 2 aromatic rings. The fraction of sp³-hybridized carbons (Fsp3) is 0.222. The van der Waals surface area contributed by atoms with Crippen LogP contribution < -0.4 is 20.2 Å². The van der Waals surface area contributed by atoms with E-state index in [0.717, 1.165) is 17.0 Å². The number of para-hydroxylation sites is 1. The van der Waals surface area contributed by atoms with Crippen molar-refractivity contribution in [3.8, 4) is 11.5 Å². The number of nitrogens with one attached hydrogen (secondary N) is 2. The van der Waals surface area contributed by atoms with Crippen LogP contribution in [-0.2, 0) is 4.79 Å². The molecule has 3 rings (SSSR count). The number of hydrogen-bond donors (Lipinski definition) is 2. The number of nitrogens with zero attached hydrogens (tertiary/aromatic N) is 1. The smallest absolute Gasteiger partial charge is 0.259 e. The fourth-order valence-electron chi connectivity index (χ4n) is 2.26. The number of hydrazone groups is 1. The Morgan fingerprint density at radius 1 is 1.08 bits per heavy atom. The summed E-state index contributed by atoms with van der Waals surface area (Å²) in [6.07, 6.45) is 0. The standard InChI is InChI=1S/C18H19N3O3/c1-13(14-7-8-16-17(11-14)24-10-9-23-16)20-21-18(22)12-19-15-5-3-2-4-6-15/h2-8,11,19H,9-10,12H2,1H3,(H,21,22)/b20-13+. The van der Waals surface area contributed by atoms with E-state index in [4.69, 9.17) is 9.47 Å². The van der Waals surface area contributed by atoms with Crippen LogP contribution in [0.3, 0.4) is 0 Å². The summed E-state index contributed by atoms with van der Waals surface area (Å²) >= 11 is 0. The fourth-order valence-corrected chi connectivity index (χ4v) is 2.26. The van der Waals surface area contributed by atoms with Gasteiger partial charge in [0.05, 0.1) is 12.3 Å². The van der Waals surface area contributed by atoms with E-state index in [2.05, 4.69) is 15.8 Å². The third-order valence-corrected chi connectivity index (χ3v) is 3.54. The molecule has 1 heterocycles. The molecular weight excluding hydrogens is 306 g/mol. The predicted octanol–water partition coefficient (Wildman–Crippen LogP) is 2.41. The first-order valence-electron chi connectivity index (χ1n) is 7.74. The first kappa shape index (κ1) is 15.9. The number of hydrogen-bond acceptors (Lipinski definition) is 5. The number of fused-ring (bicyclic) bond motifs is 1. The van der Waals surface area contributed by atoms with Gasteiger partial charge in [0.2, 0.25) is 0 Å². The lowest BCUT2D eigenvalue weighted by Crippen LogP contribution is -2.26. The molecule has 2 aromatic carbocycles. The monoisotopic (exact) mass is 325 g/mol. The van der Waals surface area contributed by atoms with Gasteiger partial charge in [0.1, 0.15) is 13.2 Å². The van der Waals surface area contributed by atoms with Crippen LogP contribution in [0.5, 0.6) is 11.5 Å². The molecule has 0 radical (unpaired) electrons. The molecule has 0 aliphatic carbocycles. The highest BCUT2D eigenvalue weighted by Crippen LogP contribution is 2.30. The third kappa shape index (κ3) is 4.04. The second kappa shape index (κ2) is 7.50. The molecule has 0 aromatic heterocycles. The molecule has 0 spiro atoms. The number of carbonyl (C=O) groups excluding carboxylic acids is 1. The van der Waals surface area contributed by atoms with Gasteiger partial charge >= 0.3 is 0 Å². The molecule has 0 atom stereocenters. The Balaban J connectivity index is 1.56. The van der Waals surface area contributed by atoms with Crippen molar-refractivity contribution in [2.45, 2.75) is 6.92 Å². The van der Waals surface area contributed by atoms with Crippen molar-refractivity contribution in [2.75, 3.05) is 25.1 Å². The molecule has 2 N–H and O–H groups in total. The summed E-state index contributed by atoms with van der Waals surface area (Å²) in [5, 5.41) is 7.17. The Hall–Kier alpha value is -3.02. The lowest BCUT2D eigenvalue weighted by molar-refractivity contribution is -0.119. The molecule has 6 nitrogen and oxygen atoms in total. The van der Waals surface area contributed by atoms with E-state index in [1.165, 1.54) is 0 Å². The third-order valence-electron chi connectivity index (χ3n) is 3.54. The minimum atomic E-state index is -0.212. The van der Waals surface area contributed by atoms with Gasteiger partial charge in [-0.2, -0.15) is 5.10 Å². The van der Waals surface area contributed by atoms with Crippen molar-refractivity contribution < 1.29 is 14.3 Å². The summed E-state index contributed by atoms with van der Waals surface area (Å²) in [5.41, 5.74) is 5.00. The van der Waals surface area contributed by atoms with Crippen molar-refractivity contribution in [3.63, 3.8) is 0 Å². The van der Waals surface area contributed by atoms with E-state index in [1.54, 1.807) is 0 Å². The van der Waals surface area contributed by atoms with Gasteiger partial charge in [0, 0.05) is 11.3 Å². The number of carbonyl (C=O) groups is 1. The maximum absolute atomic E-state index is 11.9. The van der Waals surface area contributed by atoms with Crippen molar-refractivity contribution in [1.29, 1.82) is 0 Å². The van der Waals surface area contributed by atoms with E-state index < -0.39 is 0 Å². The topological polar surface area (TPSA) is 72.0 Å². The molecular formula is C18H19N3O3. The summed E-state index contributed by atoms with van der Waals surface area (Å²) in [6.45, 7) is 3.08. The highest BCUT2D eigenvalue weighted by atomic mass is 16.6. The van der Waals surface area contributed by atoms with Crippen molar-refractivity contribution >= 4 is 17.3 Å². The van der Waals surface area contributed by atoms with Crippen LogP contribution in [0, 0.1) is 0 Å². The number of amides is 1. The summed E-state index contributed by atoms with van der Waals surface area (Å²) < 4.78 is 11.0. The maximum atomic E-state index is 11.9. The first-order chi connectivity index (χ1) is 11.7. The normalized spacial score (nSPS) is 13.3. The van der Waals surface area contributed by atoms with Crippen LogP contribution in [0.2, 0.25) is 0 Å². The SMILES string of the molecule is C/C(=N\NC(=O)CNc1ccccc1)c1ccc2c(c1)OCCO2. The second-order valence-electron chi connectivity index (χ2n) is 5.31. The Bertz CT molecular complexity index is 744. The van der Waals surface area contributed by atoms with Crippen molar-refractivity contribution in [3.05, 3.63) is 54.1 Å². The molecule has 0 bridgehead atoms.